The molecule has 8 heteroatoms. The second-order valence-electron chi connectivity index (χ2n) is 5.63. The molecular weight excluding hydrogens is 336 g/mol. The van der Waals surface area contributed by atoms with E-state index in [-0.39, 0.29) is 6.61 Å². The van der Waals surface area contributed by atoms with Gasteiger partial charge in [0.25, 0.3) is 0 Å². The third-order valence-electron chi connectivity index (χ3n) is 4.10. The summed E-state index contributed by atoms with van der Waals surface area (Å²) in [4.78, 5) is 16.9. The zero-order valence-corrected chi connectivity index (χ0v) is 15.3. The number of allylic oxidation sites excluding steroid dienone is 1. The van der Waals surface area contributed by atoms with Crippen molar-refractivity contribution in [3.63, 3.8) is 0 Å². The van der Waals surface area contributed by atoms with Crippen molar-refractivity contribution in [1.82, 2.24) is 14.8 Å². The van der Waals surface area contributed by atoms with Crippen LogP contribution in [0, 0.1) is 0 Å². The number of anilines is 1. The number of hydrogen-bond acceptors (Lipinski definition) is 7. The first kappa shape index (κ1) is 17.8. The Labute approximate surface area is 151 Å². The predicted molar refractivity (Wildman–Crippen MR) is 95.3 cm³/mol. The Balaban J connectivity index is 2.22. The van der Waals surface area contributed by atoms with Gasteiger partial charge < -0.3 is 19.5 Å². The summed E-state index contributed by atoms with van der Waals surface area (Å²) < 4.78 is 18.2. The molecule has 26 heavy (non-hydrogen) atoms. The molecule has 1 atom stereocenters. The van der Waals surface area contributed by atoms with Crippen LogP contribution in [-0.2, 0) is 9.53 Å². The van der Waals surface area contributed by atoms with Crippen LogP contribution in [0.5, 0.6) is 11.5 Å². The summed E-state index contributed by atoms with van der Waals surface area (Å²) in [7, 11) is 1.58. The van der Waals surface area contributed by atoms with Gasteiger partial charge in [-0.2, -0.15) is 10.1 Å². The summed E-state index contributed by atoms with van der Waals surface area (Å²) in [5.74, 6) is 1.30. The Hall–Kier alpha value is -3.03. The van der Waals surface area contributed by atoms with Crippen LogP contribution in [-0.4, -0.2) is 41.1 Å². The number of ether oxygens (including phenoxy) is 3. The molecule has 3 rings (SSSR count). The average molecular weight is 358 g/mol. The summed E-state index contributed by atoms with van der Waals surface area (Å²) in [6.45, 7) is 6.23. The van der Waals surface area contributed by atoms with Crippen LogP contribution in [0.3, 0.4) is 0 Å². The van der Waals surface area contributed by atoms with Gasteiger partial charge in [-0.15, -0.1) is 0 Å². The molecule has 0 aliphatic carbocycles. The number of esters is 1. The van der Waals surface area contributed by atoms with Gasteiger partial charge in [-0.3, -0.25) is 0 Å². The quantitative estimate of drug-likeness (QED) is 0.794. The Bertz CT molecular complexity index is 843. The highest BCUT2D eigenvalue weighted by molar-refractivity contribution is 5.92. The van der Waals surface area contributed by atoms with E-state index in [1.165, 1.54) is 6.33 Å². The third kappa shape index (κ3) is 2.98. The van der Waals surface area contributed by atoms with Gasteiger partial charge in [0.15, 0.2) is 11.5 Å². The molecular formula is C18H22N4O4. The lowest BCUT2D eigenvalue weighted by Crippen LogP contribution is -2.30. The highest BCUT2D eigenvalue weighted by Crippen LogP contribution is 2.42. The number of benzene rings is 1. The molecule has 0 unspecified atom stereocenters. The van der Waals surface area contributed by atoms with Crippen LogP contribution in [0.2, 0.25) is 0 Å². The van der Waals surface area contributed by atoms with E-state index in [1.807, 2.05) is 32.0 Å². The number of para-hydroxylation sites is 1. The van der Waals surface area contributed by atoms with E-state index in [2.05, 4.69) is 15.4 Å². The molecule has 1 aliphatic rings. The number of hydrogen-bond donors (Lipinski definition) is 1. The van der Waals surface area contributed by atoms with Gasteiger partial charge in [-0.05, 0) is 26.8 Å². The zero-order valence-electron chi connectivity index (χ0n) is 15.3. The monoisotopic (exact) mass is 358 g/mol. The zero-order chi connectivity index (χ0) is 18.7. The molecule has 1 aromatic heterocycles. The maximum Gasteiger partial charge on any atom is 0.338 e. The maximum absolute atomic E-state index is 12.7. The van der Waals surface area contributed by atoms with Crippen molar-refractivity contribution in [2.24, 2.45) is 0 Å². The number of carbonyl (C=O) groups excluding carboxylic acids is 1. The second kappa shape index (κ2) is 7.47. The predicted octanol–water partition coefficient (Wildman–Crippen LogP) is 2.54. The molecule has 1 N–H and O–H groups in total. The normalized spacial score (nSPS) is 15.9. The van der Waals surface area contributed by atoms with Gasteiger partial charge in [0, 0.05) is 11.3 Å². The summed E-state index contributed by atoms with van der Waals surface area (Å²) in [5, 5.41) is 7.41. The van der Waals surface area contributed by atoms with Crippen molar-refractivity contribution < 1.29 is 19.0 Å². The number of aromatic nitrogens is 3. The Morgan fingerprint density at radius 2 is 2.12 bits per heavy atom. The second-order valence-corrected chi connectivity index (χ2v) is 5.63. The molecule has 0 saturated heterocycles. The van der Waals surface area contributed by atoms with Crippen LogP contribution in [0.15, 0.2) is 35.8 Å². The molecule has 8 nitrogen and oxygen atoms in total. The average Bonchev–Trinajstić information content (AvgIpc) is 3.09. The Morgan fingerprint density at radius 3 is 2.81 bits per heavy atom. The lowest BCUT2D eigenvalue weighted by Gasteiger charge is -2.29. The van der Waals surface area contributed by atoms with Crippen LogP contribution in [0.4, 0.5) is 5.95 Å². The molecule has 0 bridgehead atoms. The van der Waals surface area contributed by atoms with E-state index >= 15 is 0 Å². The topological polar surface area (TPSA) is 87.5 Å². The van der Waals surface area contributed by atoms with Gasteiger partial charge in [0.05, 0.1) is 25.9 Å². The van der Waals surface area contributed by atoms with Gasteiger partial charge in [-0.1, -0.05) is 12.1 Å². The standard InChI is InChI=1S/C18H22N4O4/c1-5-25-16-12(8-7-9-13(16)24-4)15-14(17(23)26-6-2)11(3)21-18-19-10-20-22(15)18/h7-10,15H,5-6H2,1-4H3,(H,19,20,21)/t15-/m1/s1. The van der Waals surface area contributed by atoms with E-state index in [0.717, 1.165) is 5.56 Å². The molecule has 0 saturated carbocycles. The first-order valence-corrected chi connectivity index (χ1v) is 8.46. The van der Waals surface area contributed by atoms with Gasteiger partial charge >= 0.3 is 5.97 Å². The minimum atomic E-state index is -0.538. The van der Waals surface area contributed by atoms with E-state index in [1.54, 1.807) is 18.7 Å². The lowest BCUT2D eigenvalue weighted by atomic mass is 9.94. The van der Waals surface area contributed by atoms with Crippen molar-refractivity contribution in [1.29, 1.82) is 0 Å². The molecule has 0 fully saturated rings. The van der Waals surface area contributed by atoms with Crippen molar-refractivity contribution in [2.45, 2.75) is 26.8 Å². The molecule has 1 aliphatic heterocycles. The number of methoxy groups -OCH3 is 1. The summed E-state index contributed by atoms with van der Waals surface area (Å²) >= 11 is 0. The minimum Gasteiger partial charge on any atom is -0.493 e. The number of rotatable bonds is 6. The van der Waals surface area contributed by atoms with Crippen LogP contribution >= 0.6 is 0 Å². The minimum absolute atomic E-state index is 0.281. The van der Waals surface area contributed by atoms with Crippen molar-refractivity contribution in [3.8, 4) is 11.5 Å². The van der Waals surface area contributed by atoms with Crippen molar-refractivity contribution in [3.05, 3.63) is 41.4 Å². The van der Waals surface area contributed by atoms with Gasteiger partial charge in [0.1, 0.15) is 12.4 Å². The van der Waals surface area contributed by atoms with Crippen LogP contribution in [0.1, 0.15) is 32.4 Å². The van der Waals surface area contributed by atoms with Crippen LogP contribution in [0.25, 0.3) is 0 Å². The number of fused-ring (bicyclic) bond motifs is 1. The third-order valence-corrected chi connectivity index (χ3v) is 4.10. The Morgan fingerprint density at radius 1 is 1.31 bits per heavy atom. The molecule has 2 aromatic rings. The molecule has 0 spiro atoms. The summed E-state index contributed by atoms with van der Waals surface area (Å²) in [5.41, 5.74) is 1.88. The van der Waals surface area contributed by atoms with Gasteiger partial charge in [0.2, 0.25) is 5.95 Å². The van der Waals surface area contributed by atoms with E-state index < -0.39 is 12.0 Å². The van der Waals surface area contributed by atoms with Crippen molar-refractivity contribution in [2.75, 3.05) is 25.6 Å². The van der Waals surface area contributed by atoms with Gasteiger partial charge in [-0.25, -0.2) is 9.48 Å². The number of carbonyl (C=O) groups is 1. The first-order chi connectivity index (χ1) is 12.6. The summed E-state index contributed by atoms with van der Waals surface area (Å²) in [6, 6.07) is 5.03. The number of nitrogens with one attached hydrogen (secondary N) is 1. The maximum atomic E-state index is 12.7. The van der Waals surface area contributed by atoms with E-state index in [4.69, 9.17) is 14.2 Å². The molecule has 138 valence electrons. The fraction of sp³-hybridized carbons (Fsp3) is 0.389. The highest BCUT2D eigenvalue weighted by Gasteiger charge is 2.36. The van der Waals surface area contributed by atoms with E-state index in [0.29, 0.717) is 35.3 Å². The molecule has 0 amide bonds. The molecule has 1 aromatic carbocycles. The smallest absolute Gasteiger partial charge is 0.338 e. The molecule has 2 heterocycles. The fourth-order valence-electron chi connectivity index (χ4n) is 3.06. The highest BCUT2D eigenvalue weighted by atomic mass is 16.5. The lowest BCUT2D eigenvalue weighted by molar-refractivity contribution is -0.139. The summed E-state index contributed by atoms with van der Waals surface area (Å²) in [6.07, 6.45) is 1.44. The fourth-order valence-corrected chi connectivity index (χ4v) is 3.06. The van der Waals surface area contributed by atoms with Crippen LogP contribution < -0.4 is 14.8 Å². The molecule has 0 radical (unpaired) electrons. The first-order valence-electron chi connectivity index (χ1n) is 8.46. The Kier molecular flexibility index (Phi) is 5.11. The van der Waals surface area contributed by atoms with Crippen molar-refractivity contribution >= 4 is 11.9 Å². The van der Waals surface area contributed by atoms with E-state index in [9.17, 15) is 4.79 Å². The SMILES string of the molecule is CCOC(=O)C1=C(C)Nc2ncnn2[C@@H]1c1cccc(OC)c1OCC. The largest absolute Gasteiger partial charge is 0.493 e. The number of nitrogens with zero attached hydrogens (tertiary/aromatic N) is 3.